The van der Waals surface area contributed by atoms with Crippen LogP contribution in [0.5, 0.6) is 0 Å². The Balaban J connectivity index is 1.42. The zero-order valence-corrected chi connectivity index (χ0v) is 14.8. The number of rotatable bonds is 2. The van der Waals surface area contributed by atoms with Gasteiger partial charge in [-0.15, -0.1) is 11.3 Å². The van der Waals surface area contributed by atoms with Gasteiger partial charge in [-0.1, -0.05) is 0 Å². The Bertz CT molecular complexity index is 615. The van der Waals surface area contributed by atoms with Gasteiger partial charge in [-0.2, -0.15) is 0 Å². The summed E-state index contributed by atoms with van der Waals surface area (Å²) in [5.74, 6) is 0.269. The van der Waals surface area contributed by atoms with Gasteiger partial charge in [0.1, 0.15) is 0 Å². The number of nitrogens with zero attached hydrogens (tertiary/aromatic N) is 2. The molecule has 0 aromatic carbocycles. The van der Waals surface area contributed by atoms with Crippen LogP contribution in [0, 0.1) is 5.92 Å². The lowest BCUT2D eigenvalue weighted by Crippen LogP contribution is -2.49. The fourth-order valence-corrected chi connectivity index (χ4v) is 5.22. The Labute approximate surface area is 146 Å². The van der Waals surface area contributed by atoms with Crippen molar-refractivity contribution >= 4 is 23.2 Å². The molecule has 4 rings (SSSR count). The summed E-state index contributed by atoms with van der Waals surface area (Å²) in [5.41, 5.74) is 1.36. The predicted molar refractivity (Wildman–Crippen MR) is 92.4 cm³/mol. The minimum atomic E-state index is -0.0485. The summed E-state index contributed by atoms with van der Waals surface area (Å²) in [6, 6.07) is 2.09. The maximum absolute atomic E-state index is 12.8. The van der Waals surface area contributed by atoms with E-state index in [9.17, 15) is 9.59 Å². The van der Waals surface area contributed by atoms with E-state index in [1.165, 1.54) is 16.9 Å². The van der Waals surface area contributed by atoms with Crippen LogP contribution in [0.2, 0.25) is 0 Å². The number of hydrogen-bond donors (Lipinski definition) is 0. The molecule has 1 atom stereocenters. The maximum atomic E-state index is 12.8. The first-order chi connectivity index (χ1) is 11.7. The smallest absolute Gasteiger partial charge is 0.263 e. The van der Waals surface area contributed by atoms with Gasteiger partial charge < -0.3 is 14.5 Å². The molecule has 0 saturated carbocycles. The molecular formula is C18H24N2O3S. The number of carbonyl (C=O) groups excluding carboxylic acids is 2. The molecule has 0 bridgehead atoms. The number of piperidine rings is 1. The monoisotopic (exact) mass is 348 g/mol. The fraction of sp³-hybridized carbons (Fsp3) is 0.667. The van der Waals surface area contributed by atoms with Gasteiger partial charge >= 0.3 is 0 Å². The van der Waals surface area contributed by atoms with Gasteiger partial charge in [-0.25, -0.2) is 0 Å². The summed E-state index contributed by atoms with van der Waals surface area (Å²) in [4.78, 5) is 31.6. The molecule has 2 aliphatic heterocycles. The number of thiophene rings is 1. The number of aryl methyl sites for hydroxylation is 2. The van der Waals surface area contributed by atoms with Crippen molar-refractivity contribution in [1.29, 1.82) is 0 Å². The summed E-state index contributed by atoms with van der Waals surface area (Å²) in [7, 11) is 0. The first-order valence-electron chi connectivity index (χ1n) is 9.00. The minimum absolute atomic E-state index is 0.0485. The van der Waals surface area contributed by atoms with Gasteiger partial charge in [0.2, 0.25) is 5.91 Å². The predicted octanol–water partition coefficient (Wildman–Crippen LogP) is 1.95. The topological polar surface area (TPSA) is 49.9 Å². The Kier molecular flexibility index (Phi) is 4.59. The van der Waals surface area contributed by atoms with Crippen LogP contribution in [0.4, 0.5) is 0 Å². The van der Waals surface area contributed by atoms with Gasteiger partial charge in [0, 0.05) is 31.1 Å². The second-order valence-electron chi connectivity index (χ2n) is 6.94. The molecule has 0 radical (unpaired) electrons. The molecule has 1 aromatic rings. The number of hydrogen-bond acceptors (Lipinski definition) is 4. The van der Waals surface area contributed by atoms with Crippen LogP contribution in [-0.2, 0) is 22.4 Å². The molecule has 3 aliphatic rings. The lowest BCUT2D eigenvalue weighted by atomic mass is 9.96. The lowest BCUT2D eigenvalue weighted by molar-refractivity contribution is -0.141. The average Bonchev–Trinajstić information content (AvgIpc) is 3.23. The van der Waals surface area contributed by atoms with E-state index in [1.807, 2.05) is 9.80 Å². The molecule has 2 fully saturated rings. The summed E-state index contributed by atoms with van der Waals surface area (Å²) in [6.45, 7) is 3.96. The molecule has 0 N–H and O–H groups in total. The Hall–Kier alpha value is -1.40. The highest BCUT2D eigenvalue weighted by atomic mass is 32.1. The largest absolute Gasteiger partial charge is 0.378 e. The molecule has 2 saturated heterocycles. The number of likely N-dealkylation sites (tertiary alicyclic amines) is 1. The van der Waals surface area contributed by atoms with Crippen LogP contribution in [-0.4, -0.2) is 61.0 Å². The standard InChI is InChI=1S/C18H24N2O3S/c21-17(19-7-9-23-10-8-19)14-4-2-6-20(12-14)18(22)16-11-13-3-1-5-15(13)24-16/h11,14H,1-10,12H2/t14-/m0/s1. The van der Waals surface area contributed by atoms with Crippen molar-refractivity contribution in [3.8, 4) is 0 Å². The van der Waals surface area contributed by atoms with Crippen molar-refractivity contribution in [3.63, 3.8) is 0 Å². The van der Waals surface area contributed by atoms with Crippen molar-refractivity contribution in [1.82, 2.24) is 9.80 Å². The third-order valence-electron chi connectivity index (χ3n) is 5.34. The molecule has 3 heterocycles. The molecule has 1 aliphatic carbocycles. The second-order valence-corrected chi connectivity index (χ2v) is 8.08. The zero-order valence-electron chi connectivity index (χ0n) is 14.0. The van der Waals surface area contributed by atoms with E-state index >= 15 is 0 Å². The SMILES string of the molecule is O=C(c1cc2c(s1)CCC2)N1CCC[C@H](C(=O)N2CCOCC2)C1. The molecule has 0 spiro atoms. The van der Waals surface area contributed by atoms with Gasteiger partial charge in [-0.05, 0) is 43.7 Å². The van der Waals surface area contributed by atoms with E-state index < -0.39 is 0 Å². The first kappa shape index (κ1) is 16.1. The second kappa shape index (κ2) is 6.84. The van der Waals surface area contributed by atoms with Gasteiger partial charge in [-0.3, -0.25) is 9.59 Å². The fourth-order valence-electron chi connectivity index (χ4n) is 4.00. The molecule has 5 nitrogen and oxygen atoms in total. The summed E-state index contributed by atoms with van der Waals surface area (Å²) in [5, 5.41) is 0. The quantitative estimate of drug-likeness (QED) is 0.821. The van der Waals surface area contributed by atoms with Crippen LogP contribution in [0.15, 0.2) is 6.07 Å². The normalized spacial score (nSPS) is 24.1. The molecule has 2 amide bonds. The molecular weight excluding hydrogens is 324 g/mol. The highest BCUT2D eigenvalue weighted by molar-refractivity contribution is 7.14. The van der Waals surface area contributed by atoms with Crippen molar-refractivity contribution in [2.45, 2.75) is 32.1 Å². The maximum Gasteiger partial charge on any atom is 0.263 e. The lowest BCUT2D eigenvalue weighted by Gasteiger charge is -2.36. The molecule has 24 heavy (non-hydrogen) atoms. The van der Waals surface area contributed by atoms with Crippen LogP contribution in [0.3, 0.4) is 0 Å². The zero-order chi connectivity index (χ0) is 16.5. The van der Waals surface area contributed by atoms with Crippen molar-refractivity contribution < 1.29 is 14.3 Å². The third kappa shape index (κ3) is 3.09. The highest BCUT2D eigenvalue weighted by Gasteiger charge is 2.33. The number of amides is 2. The molecule has 0 unspecified atom stereocenters. The summed E-state index contributed by atoms with van der Waals surface area (Å²) < 4.78 is 5.33. The molecule has 130 valence electrons. The summed E-state index contributed by atoms with van der Waals surface area (Å²) in [6.07, 6.45) is 5.25. The molecule has 6 heteroatoms. The van der Waals surface area contributed by atoms with Crippen molar-refractivity contribution in [2.75, 3.05) is 39.4 Å². The Morgan fingerprint density at radius 2 is 1.92 bits per heavy atom. The Morgan fingerprint density at radius 3 is 2.71 bits per heavy atom. The van der Waals surface area contributed by atoms with E-state index in [0.717, 1.165) is 37.1 Å². The van der Waals surface area contributed by atoms with Crippen LogP contribution in [0.1, 0.15) is 39.4 Å². The summed E-state index contributed by atoms with van der Waals surface area (Å²) >= 11 is 1.66. The number of carbonyl (C=O) groups is 2. The first-order valence-corrected chi connectivity index (χ1v) is 9.81. The van der Waals surface area contributed by atoms with E-state index in [-0.39, 0.29) is 17.7 Å². The number of morpholine rings is 1. The van der Waals surface area contributed by atoms with E-state index in [1.54, 1.807) is 11.3 Å². The van der Waals surface area contributed by atoms with E-state index in [2.05, 4.69) is 6.07 Å². The Morgan fingerprint density at radius 1 is 1.08 bits per heavy atom. The van der Waals surface area contributed by atoms with E-state index in [0.29, 0.717) is 32.8 Å². The highest BCUT2D eigenvalue weighted by Crippen LogP contribution is 2.32. The average molecular weight is 348 g/mol. The van der Waals surface area contributed by atoms with Crippen molar-refractivity contribution in [2.24, 2.45) is 5.92 Å². The van der Waals surface area contributed by atoms with Gasteiger partial charge in [0.15, 0.2) is 0 Å². The van der Waals surface area contributed by atoms with Gasteiger partial charge in [0.05, 0.1) is 24.0 Å². The van der Waals surface area contributed by atoms with Crippen LogP contribution in [0.25, 0.3) is 0 Å². The number of fused-ring (bicyclic) bond motifs is 1. The van der Waals surface area contributed by atoms with E-state index in [4.69, 9.17) is 4.74 Å². The third-order valence-corrected chi connectivity index (χ3v) is 6.56. The molecule has 1 aromatic heterocycles. The van der Waals surface area contributed by atoms with Crippen LogP contribution < -0.4 is 0 Å². The van der Waals surface area contributed by atoms with Crippen molar-refractivity contribution in [3.05, 3.63) is 21.4 Å². The minimum Gasteiger partial charge on any atom is -0.378 e. The number of ether oxygens (including phenoxy) is 1. The van der Waals surface area contributed by atoms with Gasteiger partial charge in [0.25, 0.3) is 5.91 Å². The van der Waals surface area contributed by atoms with Crippen LogP contribution >= 0.6 is 11.3 Å².